The van der Waals surface area contributed by atoms with Gasteiger partial charge in [-0.1, -0.05) is 292 Å². The maximum atomic E-state index is 12.9. The van der Waals surface area contributed by atoms with Gasteiger partial charge in [0.15, 0.2) is 6.10 Å². The molecule has 0 aromatic carbocycles. The predicted octanol–water partition coefficient (Wildman–Crippen LogP) is 22.3. The fourth-order valence-corrected chi connectivity index (χ4v) is 9.27. The van der Waals surface area contributed by atoms with Crippen molar-refractivity contribution in [1.82, 2.24) is 0 Å². The van der Waals surface area contributed by atoms with Gasteiger partial charge < -0.3 is 14.2 Å². The van der Waals surface area contributed by atoms with Crippen LogP contribution in [-0.2, 0) is 28.6 Å². The normalized spacial score (nSPS) is 12.6. The van der Waals surface area contributed by atoms with Crippen molar-refractivity contribution >= 4 is 17.9 Å². The fraction of sp³-hybridized carbons (Fsp3) is 0.757. The first-order valence-corrected chi connectivity index (χ1v) is 32.6. The minimum Gasteiger partial charge on any atom is -0.462 e. The van der Waals surface area contributed by atoms with Crippen molar-refractivity contribution in [3.63, 3.8) is 0 Å². The topological polar surface area (TPSA) is 78.9 Å². The Balaban J connectivity index is 4.33. The van der Waals surface area contributed by atoms with Gasteiger partial charge in [0.2, 0.25) is 0 Å². The van der Waals surface area contributed by atoms with Crippen LogP contribution in [0.25, 0.3) is 0 Å². The molecule has 0 saturated heterocycles. The van der Waals surface area contributed by atoms with E-state index >= 15 is 0 Å². The Kier molecular flexibility index (Phi) is 61.2. The summed E-state index contributed by atoms with van der Waals surface area (Å²) in [6, 6.07) is 0. The Bertz CT molecular complexity index is 1450. The molecule has 0 heterocycles. The highest BCUT2D eigenvalue weighted by Crippen LogP contribution is 2.16. The highest BCUT2D eigenvalue weighted by molar-refractivity contribution is 5.71. The van der Waals surface area contributed by atoms with Crippen LogP contribution in [0.15, 0.2) is 85.1 Å². The van der Waals surface area contributed by atoms with E-state index in [1.54, 1.807) is 0 Å². The molecule has 0 N–H and O–H groups in total. The van der Waals surface area contributed by atoms with E-state index in [1.807, 2.05) is 0 Å². The second-order valence-corrected chi connectivity index (χ2v) is 21.6. The first-order valence-electron chi connectivity index (χ1n) is 32.6. The van der Waals surface area contributed by atoms with Crippen LogP contribution in [0.4, 0.5) is 0 Å². The Morgan fingerprint density at radius 2 is 0.513 bits per heavy atom. The highest BCUT2D eigenvalue weighted by atomic mass is 16.6. The monoisotopic (exact) mass is 1060 g/mol. The minimum absolute atomic E-state index is 0.0791. The van der Waals surface area contributed by atoms with Crippen LogP contribution in [0.5, 0.6) is 0 Å². The van der Waals surface area contributed by atoms with Crippen LogP contribution in [-0.4, -0.2) is 37.2 Å². The largest absolute Gasteiger partial charge is 0.462 e. The number of unbranched alkanes of at least 4 members (excludes halogenated alkanes) is 34. The number of carbonyl (C=O) groups is 3. The molecule has 0 aliphatic heterocycles. The molecule has 0 aromatic heterocycles. The number of rotatable bonds is 59. The van der Waals surface area contributed by atoms with Crippen molar-refractivity contribution in [3.05, 3.63) is 85.1 Å². The molecular weight excluding hydrogens is 937 g/mol. The van der Waals surface area contributed by atoms with E-state index in [-0.39, 0.29) is 31.1 Å². The second kappa shape index (κ2) is 64.1. The average molecular weight is 1060 g/mol. The summed E-state index contributed by atoms with van der Waals surface area (Å²) in [5, 5.41) is 0. The molecule has 76 heavy (non-hydrogen) atoms. The minimum atomic E-state index is -0.783. The summed E-state index contributed by atoms with van der Waals surface area (Å²) in [4.78, 5) is 38.3. The lowest BCUT2D eigenvalue weighted by Gasteiger charge is -2.18. The zero-order chi connectivity index (χ0) is 55.0. The van der Waals surface area contributed by atoms with Crippen molar-refractivity contribution in [3.8, 4) is 0 Å². The summed E-state index contributed by atoms with van der Waals surface area (Å²) in [5.41, 5.74) is 0. The Morgan fingerprint density at radius 1 is 0.276 bits per heavy atom. The molecule has 0 fully saturated rings. The van der Waals surface area contributed by atoms with E-state index in [1.165, 1.54) is 173 Å². The first-order chi connectivity index (χ1) is 37.5. The van der Waals surface area contributed by atoms with E-state index in [9.17, 15) is 14.4 Å². The standard InChI is InChI=1S/C70H122O6/c1-4-7-10-13-16-19-22-25-27-29-31-33-34-35-36-38-39-41-43-45-48-51-54-57-60-63-69(72)75-66-67(65-74-68(71)62-59-56-53-50-47-24-21-18-15-12-9-6-3)76-70(73)64-61-58-55-52-49-46-44-42-40-37-32-30-28-26-23-20-17-14-11-8-5-2/h7,10,16,19,25,27,30-33,35-36,39,41,67H,4-6,8-9,11-15,17-18,20-24,26,28-29,34,37-38,40,42-66H2,1-3H3/b10-7-,19-16-,27-25-,32-30-,33-31-,36-35-,41-39-. The van der Waals surface area contributed by atoms with Gasteiger partial charge in [-0.3, -0.25) is 14.4 Å². The average Bonchev–Trinajstić information content (AvgIpc) is 3.42. The van der Waals surface area contributed by atoms with Crippen LogP contribution >= 0.6 is 0 Å². The maximum absolute atomic E-state index is 12.9. The van der Waals surface area contributed by atoms with Crippen LogP contribution in [0.1, 0.15) is 323 Å². The van der Waals surface area contributed by atoms with Crippen LogP contribution in [0, 0.1) is 0 Å². The molecule has 0 saturated carbocycles. The summed E-state index contributed by atoms with van der Waals surface area (Å²) in [6.45, 7) is 6.54. The van der Waals surface area contributed by atoms with Crippen LogP contribution < -0.4 is 0 Å². The summed E-state index contributed by atoms with van der Waals surface area (Å²) in [6.07, 6.45) is 84.4. The molecule has 0 amide bonds. The lowest BCUT2D eigenvalue weighted by molar-refractivity contribution is -0.167. The van der Waals surface area contributed by atoms with E-state index < -0.39 is 6.10 Å². The number of carbonyl (C=O) groups excluding carboxylic acids is 3. The molecule has 6 heteroatoms. The Labute approximate surface area is 471 Å². The van der Waals surface area contributed by atoms with E-state index in [4.69, 9.17) is 14.2 Å². The third-order valence-electron chi connectivity index (χ3n) is 14.1. The molecule has 0 aliphatic carbocycles. The van der Waals surface area contributed by atoms with Gasteiger partial charge in [-0.15, -0.1) is 0 Å². The first kappa shape index (κ1) is 72.6. The van der Waals surface area contributed by atoms with Crippen molar-refractivity contribution in [1.29, 1.82) is 0 Å². The number of hydrogen-bond donors (Lipinski definition) is 0. The number of esters is 3. The summed E-state index contributed by atoms with van der Waals surface area (Å²) < 4.78 is 16.9. The van der Waals surface area contributed by atoms with Crippen molar-refractivity contribution < 1.29 is 28.6 Å². The van der Waals surface area contributed by atoms with Gasteiger partial charge in [-0.2, -0.15) is 0 Å². The van der Waals surface area contributed by atoms with Crippen molar-refractivity contribution in [2.75, 3.05) is 13.2 Å². The quantitative estimate of drug-likeness (QED) is 0.0261. The summed E-state index contributed by atoms with van der Waals surface area (Å²) in [5.74, 6) is -0.883. The van der Waals surface area contributed by atoms with E-state index in [2.05, 4.69) is 106 Å². The van der Waals surface area contributed by atoms with Crippen LogP contribution in [0.2, 0.25) is 0 Å². The molecule has 0 bridgehead atoms. The fourth-order valence-electron chi connectivity index (χ4n) is 9.27. The van der Waals surface area contributed by atoms with Crippen molar-refractivity contribution in [2.45, 2.75) is 329 Å². The molecule has 438 valence electrons. The Hall–Kier alpha value is -3.41. The predicted molar refractivity (Wildman–Crippen MR) is 330 cm³/mol. The lowest BCUT2D eigenvalue weighted by atomic mass is 10.0. The molecule has 1 unspecified atom stereocenters. The van der Waals surface area contributed by atoms with Gasteiger partial charge >= 0.3 is 17.9 Å². The molecule has 6 nitrogen and oxygen atoms in total. The maximum Gasteiger partial charge on any atom is 0.306 e. The van der Waals surface area contributed by atoms with E-state index in [0.717, 1.165) is 109 Å². The number of ether oxygens (including phenoxy) is 3. The third kappa shape index (κ3) is 61.4. The third-order valence-corrected chi connectivity index (χ3v) is 14.1. The smallest absolute Gasteiger partial charge is 0.306 e. The zero-order valence-electron chi connectivity index (χ0n) is 50.3. The zero-order valence-corrected chi connectivity index (χ0v) is 50.3. The Morgan fingerprint density at radius 3 is 0.816 bits per heavy atom. The van der Waals surface area contributed by atoms with E-state index in [0.29, 0.717) is 19.3 Å². The summed E-state index contributed by atoms with van der Waals surface area (Å²) >= 11 is 0. The van der Waals surface area contributed by atoms with Gasteiger partial charge in [-0.05, 0) is 96.3 Å². The summed E-state index contributed by atoms with van der Waals surface area (Å²) in [7, 11) is 0. The SMILES string of the molecule is CC/C=C\C/C=C\C/C=C\C/C=C\C/C=C\C/C=C\CCCCCCCCC(=O)OCC(COC(=O)CCCCCCCCCCCCCC)OC(=O)CCCCCCCCCCC/C=C\CCCCCCCCCC. The molecule has 0 aromatic rings. The van der Waals surface area contributed by atoms with Gasteiger partial charge in [0.05, 0.1) is 0 Å². The molecule has 0 aliphatic rings. The van der Waals surface area contributed by atoms with Gasteiger partial charge in [0.1, 0.15) is 13.2 Å². The molecule has 0 spiro atoms. The highest BCUT2D eigenvalue weighted by Gasteiger charge is 2.19. The molecule has 0 rings (SSSR count). The second-order valence-electron chi connectivity index (χ2n) is 21.6. The van der Waals surface area contributed by atoms with Crippen LogP contribution in [0.3, 0.4) is 0 Å². The number of hydrogen-bond acceptors (Lipinski definition) is 6. The van der Waals surface area contributed by atoms with Gasteiger partial charge in [0.25, 0.3) is 0 Å². The lowest BCUT2D eigenvalue weighted by Crippen LogP contribution is -2.30. The molecular formula is C70H122O6. The van der Waals surface area contributed by atoms with Gasteiger partial charge in [0, 0.05) is 19.3 Å². The molecule has 0 radical (unpaired) electrons. The van der Waals surface area contributed by atoms with Crippen molar-refractivity contribution in [2.24, 2.45) is 0 Å². The van der Waals surface area contributed by atoms with Gasteiger partial charge in [-0.25, -0.2) is 0 Å². The number of allylic oxidation sites excluding steroid dienone is 14. The molecule has 1 atom stereocenters.